The minimum absolute atomic E-state index is 0. The van der Waals surface area contributed by atoms with Gasteiger partial charge in [-0.1, -0.05) is 26.7 Å². The smallest absolute Gasteiger partial charge is 0.102 e. The van der Waals surface area contributed by atoms with Gasteiger partial charge in [0.05, 0.1) is 0 Å². The van der Waals surface area contributed by atoms with Crippen molar-refractivity contribution in [2.75, 3.05) is 0 Å². The van der Waals surface area contributed by atoms with Crippen molar-refractivity contribution in [3.05, 3.63) is 0 Å². The predicted octanol–water partition coefficient (Wildman–Crippen LogP) is 3.19. The van der Waals surface area contributed by atoms with Crippen LogP contribution < -0.4 is 0 Å². The first-order valence-corrected chi connectivity index (χ1v) is 5.73. The van der Waals surface area contributed by atoms with Gasteiger partial charge in [-0.25, -0.2) is 0 Å². The monoisotopic (exact) mass is 341 g/mol. The third-order valence-electron chi connectivity index (χ3n) is 2.45. The molecule has 0 aromatic carbocycles. The number of hydrogen-bond donors (Lipinski definition) is 1. The number of aliphatic imine (C=N–C) groups is 1. The average molecular weight is 344 g/mol. The molecule has 0 bridgehead atoms. The van der Waals surface area contributed by atoms with Crippen molar-refractivity contribution < 1.29 is 45.9 Å². The molecule has 15 heavy (non-hydrogen) atoms. The van der Waals surface area contributed by atoms with Gasteiger partial charge in [0.1, 0.15) is 5.60 Å². The molecule has 0 aromatic rings. The molecule has 0 unspecified atom stereocenters. The molecule has 1 N–H and O–H groups in total. The maximum Gasteiger partial charge on any atom is 0.102 e. The molecule has 0 atom stereocenters. The van der Waals surface area contributed by atoms with Crippen molar-refractivity contribution >= 4 is 5.71 Å². The Kier molecular flexibility index (Phi) is 11.1. The summed E-state index contributed by atoms with van der Waals surface area (Å²) in [6.45, 7) is 10.2. The fourth-order valence-corrected chi connectivity index (χ4v) is 1.82. The Morgan fingerprint density at radius 3 is 1.87 bits per heavy atom. The van der Waals surface area contributed by atoms with Crippen LogP contribution in [0.15, 0.2) is 4.99 Å². The number of rotatable bonds is 6. The topological polar surface area (TPSA) is 32.6 Å². The standard InChI is InChI=1S/C12H25NO.Nd/c1-6-8-12(14,9-7-2)11(5)13-10(3)4;/h10,14H,6-9H2,1-5H3;. The van der Waals surface area contributed by atoms with Crippen LogP contribution in [0, 0.1) is 40.8 Å². The van der Waals surface area contributed by atoms with E-state index in [0.717, 1.165) is 31.4 Å². The molecule has 0 rings (SSSR count). The van der Waals surface area contributed by atoms with E-state index in [4.69, 9.17) is 0 Å². The van der Waals surface area contributed by atoms with Crippen LogP contribution in [0.3, 0.4) is 0 Å². The van der Waals surface area contributed by atoms with Crippen LogP contribution in [-0.4, -0.2) is 22.5 Å². The van der Waals surface area contributed by atoms with Crippen molar-refractivity contribution in [2.24, 2.45) is 4.99 Å². The minimum Gasteiger partial charge on any atom is -0.384 e. The zero-order valence-corrected chi connectivity index (χ0v) is 14.0. The average Bonchev–Trinajstić information content (AvgIpc) is 2.03. The molecule has 0 fully saturated rings. The molecule has 0 radical (unpaired) electrons. The Hall–Kier alpha value is 0.981. The molecular formula is C12H25NNdO. The van der Waals surface area contributed by atoms with Gasteiger partial charge in [0.2, 0.25) is 0 Å². The third kappa shape index (κ3) is 7.01. The fraction of sp³-hybridized carbons (Fsp3) is 0.917. The van der Waals surface area contributed by atoms with E-state index in [2.05, 4.69) is 18.8 Å². The summed E-state index contributed by atoms with van der Waals surface area (Å²) >= 11 is 0. The minimum atomic E-state index is -0.659. The van der Waals surface area contributed by atoms with Gasteiger partial charge in [0.15, 0.2) is 0 Å². The summed E-state index contributed by atoms with van der Waals surface area (Å²) in [5.41, 5.74) is 0.240. The normalized spacial score (nSPS) is 12.9. The van der Waals surface area contributed by atoms with Gasteiger partial charge in [0, 0.05) is 52.6 Å². The summed E-state index contributed by atoms with van der Waals surface area (Å²) in [5, 5.41) is 10.4. The summed E-state index contributed by atoms with van der Waals surface area (Å²) < 4.78 is 0. The summed E-state index contributed by atoms with van der Waals surface area (Å²) in [7, 11) is 0. The van der Waals surface area contributed by atoms with Gasteiger partial charge in [-0.05, 0) is 33.6 Å². The van der Waals surface area contributed by atoms with E-state index in [1.54, 1.807) is 0 Å². The second-order valence-corrected chi connectivity index (χ2v) is 4.34. The number of aliphatic hydroxyl groups is 1. The van der Waals surface area contributed by atoms with E-state index in [-0.39, 0.29) is 46.9 Å². The van der Waals surface area contributed by atoms with Crippen molar-refractivity contribution in [2.45, 2.75) is 71.9 Å². The van der Waals surface area contributed by atoms with Crippen molar-refractivity contribution in [3.8, 4) is 0 Å². The first-order valence-electron chi connectivity index (χ1n) is 5.73. The summed E-state index contributed by atoms with van der Waals surface area (Å²) in [5.74, 6) is 0. The second-order valence-electron chi connectivity index (χ2n) is 4.34. The van der Waals surface area contributed by atoms with Crippen LogP contribution in [0.1, 0.15) is 60.3 Å². The van der Waals surface area contributed by atoms with Crippen LogP contribution in [-0.2, 0) is 0 Å². The molecule has 0 amide bonds. The molecule has 0 saturated heterocycles. The summed E-state index contributed by atoms with van der Waals surface area (Å²) in [6, 6.07) is 0.273. The van der Waals surface area contributed by atoms with Crippen LogP contribution in [0.5, 0.6) is 0 Å². The van der Waals surface area contributed by atoms with Gasteiger partial charge < -0.3 is 5.11 Å². The quantitative estimate of drug-likeness (QED) is 0.738. The zero-order valence-electron chi connectivity index (χ0n) is 10.8. The molecule has 0 heterocycles. The van der Waals surface area contributed by atoms with E-state index >= 15 is 0 Å². The Morgan fingerprint density at radius 2 is 1.60 bits per heavy atom. The first-order chi connectivity index (χ1) is 6.46. The molecule has 88 valence electrons. The molecule has 3 heteroatoms. The SMILES string of the molecule is CCCC(O)(CCC)C(C)=NC(C)C.[Nd]. The van der Waals surface area contributed by atoms with Crippen molar-refractivity contribution in [3.63, 3.8) is 0 Å². The van der Waals surface area contributed by atoms with Crippen LogP contribution in [0.25, 0.3) is 0 Å². The molecule has 0 aliphatic rings. The van der Waals surface area contributed by atoms with Gasteiger partial charge in [-0.2, -0.15) is 0 Å². The van der Waals surface area contributed by atoms with Gasteiger partial charge in [-0.15, -0.1) is 0 Å². The Bertz CT molecular complexity index is 184. The summed E-state index contributed by atoms with van der Waals surface area (Å²) in [4.78, 5) is 4.45. The Morgan fingerprint density at radius 1 is 1.20 bits per heavy atom. The van der Waals surface area contributed by atoms with E-state index in [0.29, 0.717) is 0 Å². The van der Waals surface area contributed by atoms with Gasteiger partial charge in [0.25, 0.3) is 0 Å². The maximum absolute atomic E-state index is 10.4. The third-order valence-corrected chi connectivity index (χ3v) is 2.45. The molecule has 0 saturated carbocycles. The first kappa shape index (κ1) is 18.3. The van der Waals surface area contributed by atoms with E-state index in [9.17, 15) is 5.11 Å². The molecular weight excluding hydrogens is 318 g/mol. The van der Waals surface area contributed by atoms with Crippen LogP contribution in [0.4, 0.5) is 0 Å². The van der Waals surface area contributed by atoms with Crippen LogP contribution in [0.2, 0.25) is 0 Å². The van der Waals surface area contributed by atoms with E-state index in [1.165, 1.54) is 0 Å². The number of nitrogens with zero attached hydrogens (tertiary/aromatic N) is 1. The largest absolute Gasteiger partial charge is 0.384 e. The molecule has 0 aliphatic carbocycles. The summed E-state index contributed by atoms with van der Waals surface area (Å²) in [6.07, 6.45) is 3.65. The number of hydrogen-bond acceptors (Lipinski definition) is 2. The molecule has 0 aromatic heterocycles. The van der Waals surface area contributed by atoms with Crippen molar-refractivity contribution in [1.29, 1.82) is 0 Å². The second kappa shape index (κ2) is 9.06. The van der Waals surface area contributed by atoms with Crippen LogP contribution >= 0.6 is 0 Å². The maximum atomic E-state index is 10.4. The Labute approximate surface area is 127 Å². The van der Waals surface area contributed by atoms with E-state index in [1.807, 2.05) is 20.8 Å². The zero-order chi connectivity index (χ0) is 11.2. The molecule has 0 spiro atoms. The molecule has 0 aliphatic heterocycles. The van der Waals surface area contributed by atoms with Gasteiger partial charge >= 0.3 is 0 Å². The van der Waals surface area contributed by atoms with Crippen molar-refractivity contribution in [1.82, 2.24) is 0 Å². The van der Waals surface area contributed by atoms with Gasteiger partial charge in [-0.3, -0.25) is 4.99 Å². The molecule has 2 nitrogen and oxygen atoms in total. The fourth-order valence-electron chi connectivity index (χ4n) is 1.82. The predicted molar refractivity (Wildman–Crippen MR) is 63.0 cm³/mol. The van der Waals surface area contributed by atoms with E-state index < -0.39 is 5.60 Å². The Balaban J connectivity index is 0.